The number of cyclic esters (lactones) is 1. The van der Waals surface area contributed by atoms with Gasteiger partial charge in [-0.25, -0.2) is 14.2 Å². The van der Waals surface area contributed by atoms with Gasteiger partial charge in [0.1, 0.15) is 37.3 Å². The van der Waals surface area contributed by atoms with Crippen LogP contribution in [0.4, 0.5) is 4.39 Å². The van der Waals surface area contributed by atoms with Crippen LogP contribution in [0.2, 0.25) is 0 Å². The van der Waals surface area contributed by atoms with Gasteiger partial charge in [-0.3, -0.25) is 43.3 Å². The van der Waals surface area contributed by atoms with E-state index in [0.29, 0.717) is 150 Å². The smallest absolute Gasteiger partial charge is 0.343 e. The summed E-state index contributed by atoms with van der Waals surface area (Å²) in [5.41, 5.74) is 1.06. The van der Waals surface area contributed by atoms with E-state index in [-0.39, 0.29) is 95.6 Å². The minimum Gasteiger partial charge on any atom is -0.458 e. The number of aliphatic hydroxyl groups is 2. The number of pyridine rings is 2. The number of imide groups is 1. The molecule has 500 valence electrons. The highest BCUT2D eigenvalue weighted by molar-refractivity contribution is 6.13. The van der Waals surface area contributed by atoms with E-state index in [2.05, 4.69) is 26.6 Å². The Bertz CT molecular complexity index is 3140. The molecule has 0 unspecified atom stereocenters. The van der Waals surface area contributed by atoms with Gasteiger partial charge < -0.3 is 88.7 Å². The number of hydrogen-bond donors (Lipinski definition) is 7. The van der Waals surface area contributed by atoms with Crippen molar-refractivity contribution in [3.63, 3.8) is 0 Å². The quantitative estimate of drug-likeness (QED) is 0.0126. The van der Waals surface area contributed by atoms with Gasteiger partial charge in [0, 0.05) is 67.1 Å². The number of ether oxygens (including phenoxy) is 10. The summed E-state index contributed by atoms with van der Waals surface area (Å²) in [6.45, 7) is 11.2. The summed E-state index contributed by atoms with van der Waals surface area (Å²) >= 11 is 0. The third-order valence-electron chi connectivity index (χ3n) is 15.5. The Morgan fingerprint density at radius 1 is 0.703 bits per heavy atom. The molecule has 91 heavy (non-hydrogen) atoms. The van der Waals surface area contributed by atoms with E-state index in [9.17, 15) is 53.4 Å². The molecule has 5 atom stereocenters. The summed E-state index contributed by atoms with van der Waals surface area (Å²) in [5, 5.41) is 36.2. The Balaban J connectivity index is 0.651. The van der Waals surface area contributed by atoms with E-state index in [1.54, 1.807) is 19.9 Å². The second kappa shape index (κ2) is 35.6. The molecule has 7 rings (SSSR count). The van der Waals surface area contributed by atoms with Crippen LogP contribution in [0.1, 0.15) is 92.3 Å². The maximum Gasteiger partial charge on any atom is 0.343 e. The summed E-state index contributed by atoms with van der Waals surface area (Å²) in [4.78, 5) is 119. The fourth-order valence-electron chi connectivity index (χ4n) is 10.4. The van der Waals surface area contributed by atoms with Crippen molar-refractivity contribution in [1.29, 1.82) is 0 Å². The highest BCUT2D eigenvalue weighted by Gasteiger charge is 2.46. The van der Waals surface area contributed by atoms with Gasteiger partial charge in [0.05, 0.1) is 147 Å². The first-order chi connectivity index (χ1) is 43.8. The number of halogens is 1. The summed E-state index contributed by atoms with van der Waals surface area (Å²) in [7, 11) is 0. The molecule has 29 nitrogen and oxygen atoms in total. The lowest BCUT2D eigenvalue weighted by atomic mass is 9.81. The molecule has 3 aromatic rings. The molecule has 1 aromatic carbocycles. The van der Waals surface area contributed by atoms with Crippen LogP contribution in [0.15, 0.2) is 29.1 Å². The Labute approximate surface area is 524 Å². The van der Waals surface area contributed by atoms with E-state index < -0.39 is 82.6 Å². The van der Waals surface area contributed by atoms with Gasteiger partial charge >= 0.3 is 5.97 Å². The van der Waals surface area contributed by atoms with Crippen molar-refractivity contribution in [2.75, 3.05) is 132 Å². The second-order valence-electron chi connectivity index (χ2n) is 21.7. The molecule has 3 aliphatic heterocycles. The number of carbonyl (C=O) groups is 8. The molecular weight excluding hydrogens is 1200 g/mol. The largest absolute Gasteiger partial charge is 0.458 e. The Morgan fingerprint density at radius 3 is 1.87 bits per heavy atom. The number of amides is 7. The van der Waals surface area contributed by atoms with Crippen LogP contribution < -0.4 is 32.1 Å². The Hall–Kier alpha value is -7.23. The zero-order chi connectivity index (χ0) is 65.5. The van der Waals surface area contributed by atoms with Crippen molar-refractivity contribution in [2.45, 2.75) is 109 Å². The number of nitrogens with one attached hydrogen (secondary N) is 5. The number of carbonyl (C=O) groups excluding carboxylic acids is 8. The van der Waals surface area contributed by atoms with Crippen molar-refractivity contribution >= 4 is 58.2 Å². The van der Waals surface area contributed by atoms with Gasteiger partial charge in [0.25, 0.3) is 17.4 Å². The first-order valence-electron chi connectivity index (χ1n) is 30.5. The molecular formula is C61H83FN8O21. The molecule has 30 heteroatoms. The van der Waals surface area contributed by atoms with Gasteiger partial charge in [-0.15, -0.1) is 0 Å². The molecule has 0 saturated carbocycles. The third kappa shape index (κ3) is 19.6. The minimum atomic E-state index is -2.05. The van der Waals surface area contributed by atoms with Crippen LogP contribution in [0.25, 0.3) is 22.3 Å². The van der Waals surface area contributed by atoms with Crippen LogP contribution in [0.3, 0.4) is 0 Å². The van der Waals surface area contributed by atoms with Crippen LogP contribution in [-0.4, -0.2) is 222 Å². The van der Waals surface area contributed by atoms with Crippen LogP contribution >= 0.6 is 0 Å². The lowest BCUT2D eigenvalue weighted by Gasteiger charge is -2.31. The lowest BCUT2D eigenvalue weighted by Crippen LogP contribution is -2.52. The maximum absolute atomic E-state index is 15.4. The number of rotatable bonds is 42. The van der Waals surface area contributed by atoms with E-state index in [4.69, 9.17) is 52.4 Å². The van der Waals surface area contributed by atoms with Gasteiger partial charge in [0.2, 0.25) is 29.5 Å². The van der Waals surface area contributed by atoms with Gasteiger partial charge in [-0.05, 0) is 62.8 Å². The topological polar surface area (TPSA) is 368 Å². The molecule has 0 spiro atoms. The highest BCUT2D eigenvalue weighted by Crippen LogP contribution is 2.46. The molecule has 4 aliphatic rings. The average Bonchev–Trinajstić information content (AvgIpc) is 1.63. The monoisotopic (exact) mass is 1280 g/mol. The van der Waals surface area contributed by atoms with Crippen molar-refractivity contribution in [1.82, 2.24) is 41.0 Å². The molecule has 0 radical (unpaired) electrons. The molecule has 0 fully saturated rings. The normalized spacial score (nSPS) is 17.3. The number of aryl methyl sites for hydroxylation is 1. The Morgan fingerprint density at radius 2 is 1.27 bits per heavy atom. The van der Waals surface area contributed by atoms with E-state index in [1.807, 2.05) is 0 Å². The number of hydrogen-bond acceptors (Lipinski definition) is 22. The minimum absolute atomic E-state index is 0.0229. The molecule has 7 amide bonds. The molecule has 5 heterocycles. The van der Waals surface area contributed by atoms with Gasteiger partial charge in [-0.2, -0.15) is 0 Å². The van der Waals surface area contributed by atoms with Crippen LogP contribution in [0.5, 0.6) is 0 Å². The van der Waals surface area contributed by atoms with E-state index in [1.165, 1.54) is 36.6 Å². The third-order valence-corrected chi connectivity index (χ3v) is 15.5. The number of aliphatic hydroxyl groups excluding tert-OH is 1. The first kappa shape index (κ1) is 71.2. The van der Waals surface area contributed by atoms with Crippen molar-refractivity contribution in [3.8, 4) is 11.4 Å². The summed E-state index contributed by atoms with van der Waals surface area (Å²) in [6.07, 6.45) is 1.33. The fourth-order valence-corrected chi connectivity index (χ4v) is 10.4. The number of fused-ring (bicyclic) bond motifs is 5. The van der Waals surface area contributed by atoms with Crippen molar-refractivity contribution in [3.05, 3.63) is 73.8 Å². The van der Waals surface area contributed by atoms with E-state index >= 15 is 4.39 Å². The van der Waals surface area contributed by atoms with Gasteiger partial charge in [0.15, 0.2) is 5.60 Å². The van der Waals surface area contributed by atoms with Crippen molar-refractivity contribution < 1.29 is 100 Å². The second-order valence-corrected chi connectivity index (χ2v) is 21.7. The molecule has 0 saturated heterocycles. The summed E-state index contributed by atoms with van der Waals surface area (Å²) in [5.74, 6) is -4.82. The molecule has 0 bridgehead atoms. The average molecular weight is 1280 g/mol. The van der Waals surface area contributed by atoms with Crippen molar-refractivity contribution in [2.24, 2.45) is 0 Å². The number of esters is 1. The predicted octanol–water partition coefficient (Wildman–Crippen LogP) is -0.564. The number of aromatic nitrogens is 2. The Kier molecular flexibility index (Phi) is 27.8. The first-order valence-corrected chi connectivity index (χ1v) is 30.5. The summed E-state index contributed by atoms with van der Waals surface area (Å²) in [6, 6.07) is 0.196. The number of nitrogens with zero attached hydrogens (tertiary/aromatic N) is 3. The highest BCUT2D eigenvalue weighted by atomic mass is 19.1. The lowest BCUT2D eigenvalue weighted by molar-refractivity contribution is -0.172. The molecule has 2 aromatic heterocycles. The summed E-state index contributed by atoms with van der Waals surface area (Å²) < 4.78 is 71.3. The van der Waals surface area contributed by atoms with Crippen LogP contribution in [-0.2, 0) is 111 Å². The van der Waals surface area contributed by atoms with E-state index in [0.717, 1.165) is 4.90 Å². The van der Waals surface area contributed by atoms with Crippen LogP contribution in [0, 0.1) is 12.7 Å². The SMILES string of the molecule is CC[C@@]1(O)C(=O)OCc2c1cc1n(c2=O)Cc2c-1nc1cc(F)c(C)c3c1c2[C@@H](NC(=O)[C@H](O)CCOCNC(=O)[C@H](C)NC(=O)[C@H](C)NC(=O)CCOCCOCCOCCOCCOCCOCCOCCOCCNC(=O)CCN1C(=O)C=CC1=O)CC3. The zero-order valence-corrected chi connectivity index (χ0v) is 51.8. The standard InChI is InChI=1S/C61H83FN8O21/c1-5-61(81)43-32-47-55-41(34-70(47)59(79)42(43)35-91-60(61)80)54-45(7-6-40-37(2)44(62)33-46(67-55)53(40)54)68-58(78)48(71)11-15-90-36-64-56(76)38(3)66-57(77)39(4)65-50(73)12-16-82-18-20-84-22-24-86-26-28-88-30-31-89-29-27-87-25-23-85-21-19-83-17-13-63-49(72)10-14-69-51(74)8-9-52(69)75/h8-9,32-33,38-39,45,48,71,81H,5-7,10-31,34-36H2,1-4H3,(H,63,72)(H,64,76)(H,65,73)(H,66,77)(H,68,78)/t38-,39-,45-,48+,61-/m0/s1. The fraction of sp³-hybridized carbons (Fsp3) is 0.607. The van der Waals surface area contributed by atoms with Gasteiger partial charge in [-0.1, -0.05) is 6.92 Å². The predicted molar refractivity (Wildman–Crippen MR) is 318 cm³/mol. The maximum atomic E-state index is 15.4. The number of benzene rings is 1. The molecule has 7 N–H and O–H groups in total. The molecule has 1 aliphatic carbocycles. The zero-order valence-electron chi connectivity index (χ0n) is 51.8.